The maximum atomic E-state index is 13.8. The minimum absolute atomic E-state index is 0.164. The molecule has 2 N–H and O–H groups in total. The number of amides is 2. The third-order valence-corrected chi connectivity index (χ3v) is 7.46. The van der Waals surface area contributed by atoms with E-state index in [0.29, 0.717) is 25.1 Å². The van der Waals surface area contributed by atoms with Gasteiger partial charge in [-0.2, -0.15) is 0 Å². The van der Waals surface area contributed by atoms with Crippen molar-refractivity contribution >= 4 is 35.0 Å². The number of carbonyl (C=O) groups excluding carboxylic acids is 2. The van der Waals surface area contributed by atoms with Crippen molar-refractivity contribution in [3.63, 3.8) is 0 Å². The zero-order valence-electron chi connectivity index (χ0n) is 20.7. The highest BCUT2D eigenvalue weighted by Crippen LogP contribution is 2.40. The summed E-state index contributed by atoms with van der Waals surface area (Å²) < 4.78 is 5.72. The molecule has 37 heavy (non-hydrogen) atoms. The Morgan fingerprint density at radius 1 is 1.19 bits per heavy atom. The number of benzene rings is 2. The van der Waals surface area contributed by atoms with E-state index >= 15 is 0 Å². The summed E-state index contributed by atoms with van der Waals surface area (Å²) in [4.78, 5) is 32.8. The van der Waals surface area contributed by atoms with Gasteiger partial charge in [-0.05, 0) is 65.3 Å². The predicted octanol–water partition coefficient (Wildman–Crippen LogP) is 4.68. The van der Waals surface area contributed by atoms with Crippen molar-refractivity contribution in [1.29, 1.82) is 0 Å². The molecule has 0 fully saturated rings. The number of furan rings is 1. The first kappa shape index (κ1) is 23.0. The fourth-order valence-corrected chi connectivity index (χ4v) is 5.56. The Morgan fingerprint density at radius 3 is 2.92 bits per heavy atom. The summed E-state index contributed by atoms with van der Waals surface area (Å²) in [6.07, 6.45) is 5.95. The van der Waals surface area contributed by atoms with Gasteiger partial charge in [-0.1, -0.05) is 36.9 Å². The van der Waals surface area contributed by atoms with E-state index in [0.717, 1.165) is 41.0 Å². The molecular formula is C30H28N4O3. The van der Waals surface area contributed by atoms with Crippen molar-refractivity contribution in [1.82, 2.24) is 10.2 Å². The third kappa shape index (κ3) is 4.16. The number of carbonyl (C=O) groups is 2. The van der Waals surface area contributed by atoms with Crippen molar-refractivity contribution in [2.24, 2.45) is 4.99 Å². The molecule has 7 nitrogen and oxygen atoms in total. The molecule has 7 heteroatoms. The van der Waals surface area contributed by atoms with Crippen LogP contribution in [-0.4, -0.2) is 42.6 Å². The molecule has 6 rings (SSSR count). The minimum Gasteiger partial charge on any atom is -0.459 e. The first-order valence-electron chi connectivity index (χ1n) is 12.5. The van der Waals surface area contributed by atoms with Gasteiger partial charge in [0.2, 0.25) is 5.91 Å². The molecule has 1 aliphatic carbocycles. The van der Waals surface area contributed by atoms with Crippen LogP contribution < -0.4 is 10.6 Å². The van der Waals surface area contributed by atoms with Crippen molar-refractivity contribution in [3.8, 4) is 0 Å². The first-order valence-corrected chi connectivity index (χ1v) is 12.5. The van der Waals surface area contributed by atoms with Crippen molar-refractivity contribution in [3.05, 3.63) is 101 Å². The second kappa shape index (κ2) is 9.24. The number of likely N-dealkylation sites (N-methyl/N-ethyl adjacent to an activating group) is 1. The molecular weight excluding hydrogens is 464 g/mol. The quantitative estimate of drug-likeness (QED) is 0.542. The van der Waals surface area contributed by atoms with Gasteiger partial charge in [0.15, 0.2) is 5.76 Å². The topological polar surface area (TPSA) is 86.9 Å². The number of rotatable bonds is 5. The van der Waals surface area contributed by atoms with Crippen LogP contribution in [0.2, 0.25) is 0 Å². The van der Waals surface area contributed by atoms with Gasteiger partial charge in [0, 0.05) is 31.3 Å². The van der Waals surface area contributed by atoms with Crippen LogP contribution in [0.5, 0.6) is 0 Å². The van der Waals surface area contributed by atoms with E-state index in [2.05, 4.69) is 40.4 Å². The zero-order chi connectivity index (χ0) is 25.5. The number of nitrogens with zero attached hydrogens (tertiary/aromatic N) is 2. The van der Waals surface area contributed by atoms with Crippen LogP contribution in [0.4, 0.5) is 11.4 Å². The Morgan fingerprint density at radius 2 is 2.05 bits per heavy atom. The smallest absolute Gasteiger partial charge is 0.290 e. The maximum Gasteiger partial charge on any atom is 0.290 e. The molecule has 1 atom stereocenters. The lowest BCUT2D eigenvalue weighted by Gasteiger charge is -2.35. The minimum atomic E-state index is -0.582. The maximum absolute atomic E-state index is 13.8. The van der Waals surface area contributed by atoms with E-state index in [1.165, 1.54) is 22.3 Å². The fourth-order valence-electron chi connectivity index (χ4n) is 5.56. The molecule has 0 saturated carbocycles. The molecule has 3 heterocycles. The Hall–Kier alpha value is -4.39. The third-order valence-electron chi connectivity index (χ3n) is 7.46. The largest absolute Gasteiger partial charge is 0.459 e. The number of hydrogen-bond acceptors (Lipinski definition) is 5. The van der Waals surface area contributed by atoms with Gasteiger partial charge in [0.1, 0.15) is 6.04 Å². The van der Waals surface area contributed by atoms with E-state index in [-0.39, 0.29) is 11.8 Å². The number of aryl methyl sites for hydroxylation is 2. The second-order valence-electron chi connectivity index (χ2n) is 9.72. The Kier molecular flexibility index (Phi) is 5.75. The lowest BCUT2D eigenvalue weighted by atomic mass is 9.92. The molecule has 0 unspecified atom stereocenters. The Bertz CT molecular complexity index is 1500. The molecule has 0 radical (unpaired) electrons. The highest BCUT2D eigenvalue weighted by Gasteiger charge is 2.39. The van der Waals surface area contributed by atoms with Gasteiger partial charge in [0.25, 0.3) is 5.91 Å². The summed E-state index contributed by atoms with van der Waals surface area (Å²) in [6, 6.07) is 15.7. The normalized spacial score (nSPS) is 17.7. The standard InChI is InChI=1S/C30H28N4O3/c1-18-16-32-26-13-19(8-10-25(26)33-18)7-9-20-11-12-37-28(20)30(36)34-17-22-14-21-5-3-4-6-23(21)24(22)15-27(34)29(35)31-2/h3-6,8,10-13,16,27,33H,1,7,9,14-15,17H2,2H3,(H,31,35)/t27-/m1/s1. The van der Waals surface area contributed by atoms with Crippen molar-refractivity contribution in [2.75, 3.05) is 18.9 Å². The number of hydrogen-bond donors (Lipinski definition) is 2. The lowest BCUT2D eigenvalue weighted by molar-refractivity contribution is -0.125. The van der Waals surface area contributed by atoms with Gasteiger partial charge in [-0.3, -0.25) is 14.6 Å². The van der Waals surface area contributed by atoms with Gasteiger partial charge in [-0.25, -0.2) is 0 Å². The van der Waals surface area contributed by atoms with E-state index in [9.17, 15) is 9.59 Å². The molecule has 2 amide bonds. The molecule has 2 aromatic carbocycles. The molecule has 3 aliphatic rings. The van der Waals surface area contributed by atoms with Gasteiger partial charge >= 0.3 is 0 Å². The van der Waals surface area contributed by atoms with E-state index in [4.69, 9.17) is 4.42 Å². The molecule has 0 saturated heterocycles. The number of aliphatic imine (C=N–C) groups is 1. The Labute approximate surface area is 215 Å². The monoisotopic (exact) mass is 492 g/mol. The summed E-state index contributed by atoms with van der Waals surface area (Å²) in [5.41, 5.74) is 9.37. The number of allylic oxidation sites excluding steroid dienone is 1. The molecule has 0 spiro atoms. The highest BCUT2D eigenvalue weighted by molar-refractivity contribution is 5.99. The number of fused-ring (bicyclic) bond motifs is 3. The number of nitrogens with one attached hydrogen (secondary N) is 2. The summed E-state index contributed by atoms with van der Waals surface area (Å²) >= 11 is 0. The predicted molar refractivity (Wildman–Crippen MR) is 144 cm³/mol. The number of anilines is 1. The van der Waals surface area contributed by atoms with Crippen molar-refractivity contribution < 1.29 is 14.0 Å². The molecule has 1 aromatic heterocycles. The highest BCUT2D eigenvalue weighted by atomic mass is 16.3. The summed E-state index contributed by atoms with van der Waals surface area (Å²) in [5.74, 6) is -0.0976. The van der Waals surface area contributed by atoms with Crippen LogP contribution in [0.1, 0.15) is 39.2 Å². The van der Waals surface area contributed by atoms with Crippen molar-refractivity contribution in [2.45, 2.75) is 31.7 Å². The second-order valence-corrected chi connectivity index (χ2v) is 9.72. The lowest BCUT2D eigenvalue weighted by Crippen LogP contribution is -2.51. The van der Waals surface area contributed by atoms with Crippen LogP contribution in [0.15, 0.2) is 82.1 Å². The Balaban J connectivity index is 1.22. The average Bonchev–Trinajstić information content (AvgIpc) is 3.54. The van der Waals surface area contributed by atoms with Gasteiger partial charge < -0.3 is 20.0 Å². The fraction of sp³-hybridized carbons (Fsp3) is 0.233. The van der Waals surface area contributed by atoms with E-state index in [1.807, 2.05) is 30.3 Å². The first-order chi connectivity index (χ1) is 18.0. The van der Waals surface area contributed by atoms with Crippen LogP contribution >= 0.6 is 0 Å². The van der Waals surface area contributed by atoms with Gasteiger partial charge in [-0.15, -0.1) is 0 Å². The average molecular weight is 493 g/mol. The van der Waals surface area contributed by atoms with Crippen LogP contribution in [0.3, 0.4) is 0 Å². The van der Waals surface area contributed by atoms with E-state index < -0.39 is 6.04 Å². The summed E-state index contributed by atoms with van der Waals surface area (Å²) in [7, 11) is 1.61. The van der Waals surface area contributed by atoms with Gasteiger partial charge in [0.05, 0.1) is 23.9 Å². The van der Waals surface area contributed by atoms with Crippen LogP contribution in [0.25, 0.3) is 5.57 Å². The SMILES string of the molecule is C=C1C=Nc2cc(CCc3ccoc3C(=O)N3CC4=C(C[C@@H]3C(=O)NC)c3ccccc3C4)ccc2N1. The van der Waals surface area contributed by atoms with Crippen LogP contribution in [-0.2, 0) is 24.1 Å². The summed E-state index contributed by atoms with van der Waals surface area (Å²) in [5, 5.41) is 5.96. The van der Waals surface area contributed by atoms with E-state index in [1.54, 1.807) is 24.4 Å². The summed E-state index contributed by atoms with van der Waals surface area (Å²) in [6.45, 7) is 4.30. The molecule has 186 valence electrons. The molecule has 3 aromatic rings. The van der Waals surface area contributed by atoms with Crippen LogP contribution in [0, 0.1) is 0 Å². The zero-order valence-corrected chi connectivity index (χ0v) is 20.7. The molecule has 0 bridgehead atoms. The molecule has 2 aliphatic heterocycles.